The van der Waals surface area contributed by atoms with Gasteiger partial charge in [0.15, 0.2) is 12.3 Å². The molecule has 0 heterocycles. The Morgan fingerprint density at radius 2 is 2.00 bits per heavy atom. The summed E-state index contributed by atoms with van der Waals surface area (Å²) in [5.74, 6) is 0.211. The van der Waals surface area contributed by atoms with Gasteiger partial charge >= 0.3 is 0 Å². The van der Waals surface area contributed by atoms with E-state index in [1.54, 1.807) is 6.92 Å². The molecule has 0 aromatic heterocycles. The number of ether oxygens (including phenoxy) is 1. The van der Waals surface area contributed by atoms with Crippen LogP contribution in [0.4, 0.5) is 8.78 Å². The molecule has 108 valence electrons. The molecule has 0 N–H and O–H groups in total. The Kier molecular flexibility index (Phi) is 5.08. The molecule has 1 fully saturated rings. The van der Waals surface area contributed by atoms with Crippen LogP contribution in [0.3, 0.4) is 0 Å². The van der Waals surface area contributed by atoms with Gasteiger partial charge in [-0.05, 0) is 50.5 Å². The van der Waals surface area contributed by atoms with E-state index in [4.69, 9.17) is 4.74 Å². The summed E-state index contributed by atoms with van der Waals surface area (Å²) in [6.07, 6.45) is 2.71. The minimum atomic E-state index is -1.55. The number of halogens is 2. The molecule has 2 rings (SSSR count). The van der Waals surface area contributed by atoms with E-state index >= 15 is 0 Å². The van der Waals surface area contributed by atoms with Gasteiger partial charge in [-0.15, -0.1) is 0 Å². The van der Waals surface area contributed by atoms with Crippen LogP contribution in [0.5, 0.6) is 0 Å². The average Bonchev–Trinajstić information content (AvgIpc) is 2.45. The molecule has 0 amide bonds. The highest BCUT2D eigenvalue weighted by Gasteiger charge is 2.39. The molecule has 2 aliphatic rings. The zero-order chi connectivity index (χ0) is 13.8. The number of hydrogen-bond donors (Lipinski definition) is 0. The van der Waals surface area contributed by atoms with Gasteiger partial charge in [0.1, 0.15) is 6.29 Å². The van der Waals surface area contributed by atoms with Crippen molar-refractivity contribution in [2.24, 2.45) is 11.8 Å². The van der Waals surface area contributed by atoms with Crippen molar-refractivity contribution in [3.05, 3.63) is 11.6 Å². The molecule has 0 aromatic carbocycles. The maximum Gasteiger partial charge on any atom is 0.161 e. The zero-order valence-corrected chi connectivity index (χ0v) is 11.4. The molecule has 0 spiro atoms. The first-order chi connectivity index (χ1) is 9.17. The van der Waals surface area contributed by atoms with Crippen LogP contribution in [-0.2, 0) is 9.53 Å². The molecule has 0 bridgehead atoms. The van der Waals surface area contributed by atoms with Crippen molar-refractivity contribution >= 4 is 6.29 Å². The lowest BCUT2D eigenvalue weighted by Crippen LogP contribution is -2.39. The lowest BCUT2D eigenvalue weighted by atomic mass is 9.75. The van der Waals surface area contributed by atoms with E-state index in [-0.39, 0.29) is 11.8 Å². The summed E-state index contributed by atoms with van der Waals surface area (Å²) >= 11 is 0. The monoisotopic (exact) mass is 272 g/mol. The summed E-state index contributed by atoms with van der Waals surface area (Å²) in [5.41, 5.74) is 0.604. The Hall–Kier alpha value is -0.770. The van der Waals surface area contributed by atoms with Crippen molar-refractivity contribution in [3.8, 4) is 0 Å². The third-order valence-electron chi connectivity index (χ3n) is 4.36. The molecule has 3 atom stereocenters. The highest BCUT2D eigenvalue weighted by atomic mass is 19.2. The number of allylic oxidation sites excluding steroid dienone is 1. The Balaban J connectivity index is 1.99. The molecule has 0 aromatic rings. The van der Waals surface area contributed by atoms with Gasteiger partial charge in [-0.2, -0.15) is 0 Å². The fourth-order valence-electron chi connectivity index (χ4n) is 3.22. The summed E-state index contributed by atoms with van der Waals surface area (Å²) in [6.45, 7) is 2.20. The van der Waals surface area contributed by atoms with Crippen LogP contribution in [0.1, 0.15) is 39.0 Å². The van der Waals surface area contributed by atoms with E-state index in [0.29, 0.717) is 18.6 Å². The van der Waals surface area contributed by atoms with Gasteiger partial charge in [-0.1, -0.05) is 6.08 Å². The van der Waals surface area contributed by atoms with Crippen LogP contribution in [0, 0.1) is 11.8 Å². The van der Waals surface area contributed by atoms with E-state index in [9.17, 15) is 13.6 Å². The summed E-state index contributed by atoms with van der Waals surface area (Å²) in [6, 6.07) is 0. The second-order valence-corrected chi connectivity index (χ2v) is 5.53. The van der Waals surface area contributed by atoms with Gasteiger partial charge in [0.2, 0.25) is 0 Å². The van der Waals surface area contributed by atoms with Crippen LogP contribution >= 0.6 is 0 Å². The topological polar surface area (TPSA) is 26.3 Å². The van der Waals surface area contributed by atoms with Crippen molar-refractivity contribution < 1.29 is 18.3 Å². The highest BCUT2D eigenvalue weighted by Crippen LogP contribution is 2.39. The lowest BCUT2D eigenvalue weighted by molar-refractivity contribution is -0.112. The predicted octanol–water partition coefficient (Wildman–Crippen LogP) is 3.40. The fraction of sp³-hybridized carbons (Fsp3) is 0.800. The first-order valence-electron chi connectivity index (χ1n) is 7.22. The smallest absolute Gasteiger partial charge is 0.161 e. The second kappa shape index (κ2) is 6.60. The van der Waals surface area contributed by atoms with Gasteiger partial charge in [0, 0.05) is 12.5 Å². The quantitative estimate of drug-likeness (QED) is 0.579. The Morgan fingerprint density at radius 3 is 2.58 bits per heavy atom. The SMILES string of the molecule is CCO[C@H]1CC=C(C2CCC(C=O)CC2)C(F)C1F. The van der Waals surface area contributed by atoms with Gasteiger partial charge in [0.25, 0.3) is 0 Å². The maximum atomic E-state index is 14.2. The van der Waals surface area contributed by atoms with E-state index in [1.165, 1.54) is 0 Å². The molecule has 0 aliphatic heterocycles. The summed E-state index contributed by atoms with van der Waals surface area (Å²) in [4.78, 5) is 10.7. The zero-order valence-electron chi connectivity index (χ0n) is 11.4. The lowest BCUT2D eigenvalue weighted by Gasteiger charge is -2.35. The number of carbonyl (C=O) groups excluding carboxylic acids is 1. The third-order valence-corrected chi connectivity index (χ3v) is 4.36. The van der Waals surface area contributed by atoms with Crippen LogP contribution in [0.2, 0.25) is 0 Å². The van der Waals surface area contributed by atoms with Gasteiger partial charge in [-0.25, -0.2) is 8.78 Å². The Morgan fingerprint density at radius 1 is 1.32 bits per heavy atom. The Bertz CT molecular complexity index is 335. The number of carbonyl (C=O) groups is 1. The van der Waals surface area contributed by atoms with E-state index in [1.807, 2.05) is 6.08 Å². The van der Waals surface area contributed by atoms with Crippen molar-refractivity contribution in [2.45, 2.75) is 57.5 Å². The van der Waals surface area contributed by atoms with Crippen molar-refractivity contribution in [2.75, 3.05) is 6.61 Å². The summed E-state index contributed by atoms with van der Waals surface area (Å²) in [7, 11) is 0. The summed E-state index contributed by atoms with van der Waals surface area (Å²) < 4.78 is 33.4. The van der Waals surface area contributed by atoms with Crippen molar-refractivity contribution in [1.82, 2.24) is 0 Å². The fourth-order valence-corrected chi connectivity index (χ4v) is 3.22. The average molecular weight is 272 g/mol. The van der Waals surface area contributed by atoms with Crippen molar-refractivity contribution in [3.63, 3.8) is 0 Å². The van der Waals surface area contributed by atoms with Crippen LogP contribution in [0.25, 0.3) is 0 Å². The van der Waals surface area contributed by atoms with Gasteiger partial charge in [0.05, 0.1) is 6.10 Å². The maximum absolute atomic E-state index is 14.2. The molecule has 4 heteroatoms. The molecular formula is C15H22F2O2. The van der Waals surface area contributed by atoms with Crippen LogP contribution < -0.4 is 0 Å². The first-order valence-corrected chi connectivity index (χ1v) is 7.22. The van der Waals surface area contributed by atoms with Crippen LogP contribution in [-0.4, -0.2) is 31.3 Å². The number of rotatable bonds is 4. The minimum absolute atomic E-state index is 0.104. The Labute approximate surface area is 113 Å². The van der Waals surface area contributed by atoms with E-state index < -0.39 is 18.4 Å². The minimum Gasteiger partial charge on any atom is -0.375 e. The largest absolute Gasteiger partial charge is 0.375 e. The predicted molar refractivity (Wildman–Crippen MR) is 69.4 cm³/mol. The van der Waals surface area contributed by atoms with Crippen molar-refractivity contribution in [1.29, 1.82) is 0 Å². The molecule has 0 radical (unpaired) electrons. The molecule has 2 unspecified atom stereocenters. The molecule has 2 nitrogen and oxygen atoms in total. The standard InChI is InChI=1S/C15H22F2O2/c1-2-19-13-8-7-12(14(16)15(13)17)11-5-3-10(9-18)4-6-11/h7,9-11,13-15H,2-6,8H2,1H3/t10?,11?,13-,14?,15?/m0/s1. The van der Waals surface area contributed by atoms with E-state index in [2.05, 4.69) is 0 Å². The number of alkyl halides is 2. The summed E-state index contributed by atoms with van der Waals surface area (Å²) in [5, 5.41) is 0. The number of aldehydes is 1. The van der Waals surface area contributed by atoms with E-state index in [0.717, 1.165) is 32.0 Å². The molecular weight excluding hydrogens is 250 g/mol. The highest BCUT2D eigenvalue weighted by molar-refractivity contribution is 5.53. The molecule has 19 heavy (non-hydrogen) atoms. The van der Waals surface area contributed by atoms with Gasteiger partial charge < -0.3 is 9.53 Å². The number of hydrogen-bond acceptors (Lipinski definition) is 2. The first kappa shape index (κ1) is 14.6. The van der Waals surface area contributed by atoms with Gasteiger partial charge in [-0.3, -0.25) is 0 Å². The second-order valence-electron chi connectivity index (χ2n) is 5.53. The molecule has 1 saturated carbocycles. The molecule has 0 saturated heterocycles. The van der Waals surface area contributed by atoms with Crippen LogP contribution in [0.15, 0.2) is 11.6 Å². The molecule has 2 aliphatic carbocycles. The third kappa shape index (κ3) is 3.22. The normalized spacial score (nSPS) is 39.7.